The van der Waals surface area contributed by atoms with E-state index in [1.54, 1.807) is 0 Å². The van der Waals surface area contributed by atoms with Crippen LogP contribution >= 0.6 is 46.4 Å². The van der Waals surface area contributed by atoms with Gasteiger partial charge in [-0.2, -0.15) is 0 Å². The summed E-state index contributed by atoms with van der Waals surface area (Å²) in [5.74, 6) is -0.994. The summed E-state index contributed by atoms with van der Waals surface area (Å²) in [6.07, 6.45) is 0. The third kappa shape index (κ3) is 4.40. The first-order valence-electron chi connectivity index (χ1n) is 5.89. The van der Waals surface area contributed by atoms with E-state index >= 15 is 0 Å². The highest BCUT2D eigenvalue weighted by Gasteiger charge is 2.11. The fourth-order valence-electron chi connectivity index (χ4n) is 1.54. The lowest BCUT2D eigenvalue weighted by atomic mass is 10.3. The van der Waals surface area contributed by atoms with Gasteiger partial charge in [-0.05, 0) is 24.3 Å². The van der Waals surface area contributed by atoms with E-state index in [0.717, 1.165) is 6.07 Å². The van der Waals surface area contributed by atoms with Gasteiger partial charge in [-0.25, -0.2) is 4.39 Å². The minimum absolute atomic E-state index is 0.0404. The predicted molar refractivity (Wildman–Crippen MR) is 87.0 cm³/mol. The Hall–Kier alpha value is -1.20. The van der Waals surface area contributed by atoms with Gasteiger partial charge in [0.2, 0.25) is 0 Å². The van der Waals surface area contributed by atoms with Crippen molar-refractivity contribution in [1.29, 1.82) is 0 Å². The average Bonchev–Trinajstić information content (AvgIpc) is 2.45. The van der Waals surface area contributed by atoms with Crippen LogP contribution in [0, 0.1) is 5.82 Å². The van der Waals surface area contributed by atoms with Gasteiger partial charge < -0.3 is 10.1 Å². The number of nitrogens with one attached hydrogen (secondary N) is 1. The molecule has 0 atom stereocenters. The maximum Gasteiger partial charge on any atom is 0.262 e. The number of carbonyl (C=O) groups excluding carboxylic acids is 1. The number of halogens is 5. The second-order valence-electron chi connectivity index (χ2n) is 4.16. The summed E-state index contributed by atoms with van der Waals surface area (Å²) < 4.78 is 18.7. The lowest BCUT2D eigenvalue weighted by Crippen LogP contribution is -2.20. The Morgan fingerprint density at radius 2 is 1.73 bits per heavy atom. The molecule has 0 radical (unpaired) electrons. The van der Waals surface area contributed by atoms with Crippen LogP contribution in [0.1, 0.15) is 0 Å². The van der Waals surface area contributed by atoms with Gasteiger partial charge in [0.25, 0.3) is 5.91 Å². The number of hydrogen-bond donors (Lipinski definition) is 1. The molecule has 116 valence electrons. The largest absolute Gasteiger partial charge is 0.482 e. The van der Waals surface area contributed by atoms with Gasteiger partial charge in [-0.15, -0.1) is 0 Å². The molecule has 0 aliphatic rings. The van der Waals surface area contributed by atoms with Crippen molar-refractivity contribution in [3.05, 3.63) is 56.2 Å². The number of benzene rings is 2. The second kappa shape index (κ2) is 7.38. The fraction of sp³-hybridized carbons (Fsp3) is 0.0714. The molecule has 0 spiro atoms. The maximum atomic E-state index is 13.5. The Morgan fingerprint density at radius 1 is 1.05 bits per heavy atom. The standard InChI is InChI=1S/C14H8Cl4FNO2/c15-7-1-2-11(19)12(3-7)20-14(21)6-22-13-5-9(17)8(16)4-10(13)18/h1-5H,6H2,(H,20,21). The molecule has 22 heavy (non-hydrogen) atoms. The zero-order chi connectivity index (χ0) is 16.3. The minimum Gasteiger partial charge on any atom is -0.482 e. The number of ether oxygens (including phenoxy) is 1. The Bertz CT molecular complexity index is 724. The van der Waals surface area contributed by atoms with Crippen molar-refractivity contribution in [3.8, 4) is 5.75 Å². The highest BCUT2D eigenvalue weighted by molar-refractivity contribution is 6.43. The van der Waals surface area contributed by atoms with Crippen LogP contribution in [0.5, 0.6) is 5.75 Å². The van der Waals surface area contributed by atoms with Crippen LogP contribution in [0.3, 0.4) is 0 Å². The van der Waals surface area contributed by atoms with Gasteiger partial charge >= 0.3 is 0 Å². The summed E-state index contributed by atoms with van der Waals surface area (Å²) in [5, 5.41) is 3.35. The Balaban J connectivity index is 2.01. The quantitative estimate of drug-likeness (QED) is 0.713. The fourth-order valence-corrected chi connectivity index (χ4v) is 2.30. The first kappa shape index (κ1) is 17.2. The molecule has 0 bridgehead atoms. The van der Waals surface area contributed by atoms with E-state index in [4.69, 9.17) is 51.1 Å². The molecule has 0 saturated carbocycles. The zero-order valence-electron chi connectivity index (χ0n) is 10.8. The molecule has 0 aliphatic carbocycles. The number of carbonyl (C=O) groups is 1. The van der Waals surface area contributed by atoms with Gasteiger partial charge in [0.1, 0.15) is 11.6 Å². The van der Waals surface area contributed by atoms with Gasteiger partial charge in [0, 0.05) is 11.1 Å². The third-order valence-electron chi connectivity index (χ3n) is 2.54. The van der Waals surface area contributed by atoms with E-state index in [1.165, 1.54) is 24.3 Å². The summed E-state index contributed by atoms with van der Waals surface area (Å²) in [4.78, 5) is 11.8. The van der Waals surface area contributed by atoms with Crippen LogP contribution in [-0.4, -0.2) is 12.5 Å². The van der Waals surface area contributed by atoms with Crippen LogP contribution in [0.4, 0.5) is 10.1 Å². The first-order valence-corrected chi connectivity index (χ1v) is 7.40. The van der Waals surface area contributed by atoms with Gasteiger partial charge in [0.05, 0.1) is 20.8 Å². The Morgan fingerprint density at radius 3 is 2.45 bits per heavy atom. The molecule has 1 amide bonds. The van der Waals surface area contributed by atoms with Crippen molar-refractivity contribution < 1.29 is 13.9 Å². The van der Waals surface area contributed by atoms with Crippen molar-refractivity contribution >= 4 is 58.0 Å². The minimum atomic E-state index is -0.606. The zero-order valence-corrected chi connectivity index (χ0v) is 13.8. The summed E-state index contributed by atoms with van der Waals surface area (Å²) in [5.41, 5.74) is -0.0404. The Kier molecular flexibility index (Phi) is 5.75. The van der Waals surface area contributed by atoms with Crippen molar-refractivity contribution in [1.82, 2.24) is 0 Å². The molecule has 0 heterocycles. The number of anilines is 1. The van der Waals surface area contributed by atoms with E-state index in [-0.39, 0.29) is 33.1 Å². The smallest absolute Gasteiger partial charge is 0.262 e. The normalized spacial score (nSPS) is 10.4. The molecule has 0 saturated heterocycles. The van der Waals surface area contributed by atoms with Crippen LogP contribution in [0.15, 0.2) is 30.3 Å². The highest BCUT2D eigenvalue weighted by atomic mass is 35.5. The van der Waals surface area contributed by atoms with E-state index in [0.29, 0.717) is 5.02 Å². The maximum absolute atomic E-state index is 13.5. The predicted octanol–water partition coefficient (Wildman–Crippen LogP) is 5.46. The summed E-state index contributed by atoms with van der Waals surface area (Å²) in [6, 6.07) is 6.60. The van der Waals surface area contributed by atoms with Crippen molar-refractivity contribution in [2.24, 2.45) is 0 Å². The molecule has 0 aliphatic heterocycles. The summed E-state index contributed by atoms with van der Waals surface area (Å²) in [7, 11) is 0. The monoisotopic (exact) mass is 381 g/mol. The van der Waals surface area contributed by atoms with Crippen LogP contribution in [0.2, 0.25) is 20.1 Å². The van der Waals surface area contributed by atoms with E-state index in [9.17, 15) is 9.18 Å². The molecule has 3 nitrogen and oxygen atoms in total. The number of amides is 1. The summed E-state index contributed by atoms with van der Waals surface area (Å²) >= 11 is 23.3. The van der Waals surface area contributed by atoms with Crippen molar-refractivity contribution in [2.45, 2.75) is 0 Å². The molecule has 2 aromatic rings. The van der Waals surface area contributed by atoms with Crippen molar-refractivity contribution in [2.75, 3.05) is 11.9 Å². The molecule has 2 rings (SSSR count). The molecule has 0 unspecified atom stereocenters. The lowest BCUT2D eigenvalue weighted by Gasteiger charge is -2.10. The molecular weight excluding hydrogens is 375 g/mol. The third-order valence-corrected chi connectivity index (χ3v) is 3.79. The summed E-state index contributed by atoms with van der Waals surface area (Å²) in [6.45, 7) is -0.385. The number of hydrogen-bond acceptors (Lipinski definition) is 2. The molecule has 8 heteroatoms. The number of rotatable bonds is 4. The van der Waals surface area contributed by atoms with E-state index in [1.807, 2.05) is 0 Å². The molecular formula is C14H8Cl4FNO2. The molecule has 2 aromatic carbocycles. The first-order chi connectivity index (χ1) is 10.4. The van der Waals surface area contributed by atoms with Gasteiger partial charge in [-0.3, -0.25) is 4.79 Å². The lowest BCUT2D eigenvalue weighted by molar-refractivity contribution is -0.118. The van der Waals surface area contributed by atoms with Crippen LogP contribution < -0.4 is 10.1 Å². The van der Waals surface area contributed by atoms with Crippen molar-refractivity contribution in [3.63, 3.8) is 0 Å². The van der Waals surface area contributed by atoms with Gasteiger partial charge in [0.15, 0.2) is 6.61 Å². The SMILES string of the molecule is O=C(COc1cc(Cl)c(Cl)cc1Cl)Nc1cc(Cl)ccc1F. The van der Waals surface area contributed by atoms with Gasteiger partial charge in [-0.1, -0.05) is 46.4 Å². The highest BCUT2D eigenvalue weighted by Crippen LogP contribution is 2.33. The molecule has 0 aromatic heterocycles. The van der Waals surface area contributed by atoms with Crippen LogP contribution in [-0.2, 0) is 4.79 Å². The second-order valence-corrected chi connectivity index (χ2v) is 5.82. The van der Waals surface area contributed by atoms with E-state index < -0.39 is 11.7 Å². The average molecular weight is 383 g/mol. The molecule has 1 N–H and O–H groups in total. The van der Waals surface area contributed by atoms with E-state index in [2.05, 4.69) is 5.32 Å². The Labute approximate surface area is 145 Å². The molecule has 0 fully saturated rings. The topological polar surface area (TPSA) is 38.3 Å². The van der Waals surface area contributed by atoms with Crippen LogP contribution in [0.25, 0.3) is 0 Å².